The van der Waals surface area contributed by atoms with E-state index in [4.69, 9.17) is 58.5 Å². The Hall–Kier alpha value is -2.10. The minimum Gasteiger partial charge on any atom is -0.444 e. The van der Waals surface area contributed by atoms with Crippen LogP contribution in [0.1, 0.15) is 27.2 Å². The molecular weight excluding hydrogens is 608 g/mol. The van der Waals surface area contributed by atoms with Crippen LogP contribution in [0.15, 0.2) is 0 Å². The summed E-state index contributed by atoms with van der Waals surface area (Å²) >= 11 is 0. The van der Waals surface area contributed by atoms with Crippen molar-refractivity contribution in [2.75, 3.05) is 145 Å². The summed E-state index contributed by atoms with van der Waals surface area (Å²) < 4.78 is 58.9. The third kappa shape index (κ3) is 38.1. The van der Waals surface area contributed by atoms with Gasteiger partial charge in [0.05, 0.1) is 126 Å². The van der Waals surface area contributed by atoms with Gasteiger partial charge in [-0.2, -0.15) is 0 Å². The quantitative estimate of drug-likeness (QED) is 0.0735. The number of alkyl carbamates (subject to hydrolysis) is 1. The van der Waals surface area contributed by atoms with Crippen LogP contribution in [0.25, 0.3) is 0 Å². The summed E-state index contributed by atoms with van der Waals surface area (Å²) in [5, 5.41) is 5.40. The highest BCUT2D eigenvalue weighted by atomic mass is 16.6. The van der Waals surface area contributed by atoms with Gasteiger partial charge >= 0.3 is 6.09 Å². The number of nitrogens with one attached hydrogen (secondary N) is 2. The van der Waals surface area contributed by atoms with Gasteiger partial charge in [-0.15, -0.1) is 6.42 Å². The summed E-state index contributed by atoms with van der Waals surface area (Å²) in [5.74, 6) is 2.29. The number of terminal acetylenes is 1. The van der Waals surface area contributed by atoms with Crippen LogP contribution in [0.5, 0.6) is 0 Å². The second-order valence-corrected chi connectivity index (χ2v) is 10.3. The van der Waals surface area contributed by atoms with Crippen LogP contribution in [-0.2, 0) is 56.9 Å². The van der Waals surface area contributed by atoms with Gasteiger partial charge in [0, 0.05) is 19.5 Å². The van der Waals surface area contributed by atoms with Crippen LogP contribution in [0.4, 0.5) is 4.79 Å². The van der Waals surface area contributed by atoms with E-state index in [1.807, 2.05) is 20.8 Å². The van der Waals surface area contributed by atoms with Crippen molar-refractivity contribution < 1.29 is 61.7 Å². The molecule has 2 amide bonds. The normalized spacial score (nSPS) is 11.3. The van der Waals surface area contributed by atoms with Gasteiger partial charge in [-0.05, 0) is 20.8 Å². The minimum atomic E-state index is -0.519. The summed E-state index contributed by atoms with van der Waals surface area (Å²) in [4.78, 5) is 23.3. The molecule has 0 fully saturated rings. The van der Waals surface area contributed by atoms with E-state index in [1.165, 1.54) is 0 Å². The van der Waals surface area contributed by atoms with Crippen molar-refractivity contribution in [1.82, 2.24) is 10.6 Å². The zero-order valence-corrected chi connectivity index (χ0v) is 28.1. The SMILES string of the molecule is C#CCOCCOCCOCCOCCOCCC(=O)NCCOCCOCCOCCOCCOCCNC(=O)OC(C)(C)C. The summed E-state index contributed by atoms with van der Waals surface area (Å²) in [6.45, 7) is 14.9. The van der Waals surface area contributed by atoms with E-state index in [2.05, 4.69) is 16.6 Å². The Morgan fingerprint density at radius 1 is 0.500 bits per heavy atom. The summed E-state index contributed by atoms with van der Waals surface area (Å²) in [6, 6.07) is 0. The van der Waals surface area contributed by atoms with Crippen molar-refractivity contribution in [3.8, 4) is 12.3 Å². The van der Waals surface area contributed by atoms with Crippen LogP contribution in [0.2, 0.25) is 0 Å². The minimum absolute atomic E-state index is 0.0970. The number of amides is 2. The van der Waals surface area contributed by atoms with Gasteiger partial charge in [0.25, 0.3) is 0 Å². The maximum atomic E-state index is 11.8. The Labute approximate surface area is 274 Å². The largest absolute Gasteiger partial charge is 0.444 e. The highest BCUT2D eigenvalue weighted by Crippen LogP contribution is 2.06. The fourth-order valence-corrected chi connectivity index (χ4v) is 3.05. The number of rotatable bonds is 34. The first-order chi connectivity index (χ1) is 22.3. The average Bonchev–Trinajstić information content (AvgIpc) is 3.01. The Bertz CT molecular complexity index is 732. The molecule has 0 saturated heterocycles. The molecule has 0 bridgehead atoms. The molecule has 0 aliphatic heterocycles. The molecule has 0 aromatic heterocycles. The van der Waals surface area contributed by atoms with Crippen molar-refractivity contribution in [2.45, 2.75) is 32.8 Å². The molecule has 0 aliphatic carbocycles. The first-order valence-electron chi connectivity index (χ1n) is 15.8. The number of carbonyl (C=O) groups is 2. The topological polar surface area (TPSA) is 160 Å². The zero-order chi connectivity index (χ0) is 33.8. The summed E-state index contributed by atoms with van der Waals surface area (Å²) in [7, 11) is 0. The van der Waals surface area contributed by atoms with Gasteiger partial charge in [-0.1, -0.05) is 5.92 Å². The van der Waals surface area contributed by atoms with Crippen LogP contribution in [-0.4, -0.2) is 163 Å². The zero-order valence-electron chi connectivity index (χ0n) is 28.1. The Balaban J connectivity index is 3.20. The third-order valence-electron chi connectivity index (χ3n) is 5.12. The van der Waals surface area contributed by atoms with Crippen molar-refractivity contribution >= 4 is 12.0 Å². The molecule has 0 aromatic rings. The lowest BCUT2D eigenvalue weighted by Crippen LogP contribution is -2.34. The van der Waals surface area contributed by atoms with Crippen LogP contribution >= 0.6 is 0 Å². The number of carbonyl (C=O) groups excluding carboxylic acids is 2. The lowest BCUT2D eigenvalue weighted by molar-refractivity contribution is -0.122. The molecular formula is C31H58N2O13. The molecule has 0 atom stereocenters. The summed E-state index contributed by atoms with van der Waals surface area (Å²) in [5.41, 5.74) is -0.519. The second-order valence-electron chi connectivity index (χ2n) is 10.3. The molecule has 0 aromatic carbocycles. The van der Waals surface area contributed by atoms with Gasteiger partial charge in [-0.3, -0.25) is 4.79 Å². The standard InChI is InChI=1S/C31H58N2O13/c1-5-9-36-13-17-40-21-25-44-26-22-41-18-14-37-10-6-29(34)32-7-11-38-15-19-42-23-27-45-28-24-43-20-16-39-12-8-33-30(35)46-31(2,3)4/h1H,6-28H2,2-4H3,(H,32,34)(H,33,35). The Kier molecular flexibility index (Phi) is 32.7. The smallest absolute Gasteiger partial charge is 0.407 e. The Morgan fingerprint density at radius 3 is 1.20 bits per heavy atom. The fraction of sp³-hybridized carbons (Fsp3) is 0.871. The predicted octanol–water partition coefficient (Wildman–Crippen LogP) is 0.817. The molecule has 0 radical (unpaired) electrons. The molecule has 0 spiro atoms. The van der Waals surface area contributed by atoms with Gasteiger partial charge in [0.1, 0.15) is 12.2 Å². The molecule has 46 heavy (non-hydrogen) atoms. The van der Waals surface area contributed by atoms with Crippen molar-refractivity contribution in [3.63, 3.8) is 0 Å². The highest BCUT2D eigenvalue weighted by Gasteiger charge is 2.15. The lowest BCUT2D eigenvalue weighted by Gasteiger charge is -2.19. The molecule has 2 N–H and O–H groups in total. The summed E-state index contributed by atoms with van der Waals surface area (Å²) in [6.07, 6.45) is 4.88. The molecule has 0 saturated carbocycles. The van der Waals surface area contributed by atoms with Crippen LogP contribution in [0, 0.1) is 12.3 Å². The van der Waals surface area contributed by atoms with Crippen molar-refractivity contribution in [1.29, 1.82) is 0 Å². The van der Waals surface area contributed by atoms with Gasteiger partial charge in [-0.25, -0.2) is 4.79 Å². The molecule has 15 heteroatoms. The van der Waals surface area contributed by atoms with Crippen molar-refractivity contribution in [2.24, 2.45) is 0 Å². The van der Waals surface area contributed by atoms with Gasteiger partial charge in [0.2, 0.25) is 5.91 Å². The molecule has 15 nitrogen and oxygen atoms in total. The van der Waals surface area contributed by atoms with E-state index in [-0.39, 0.29) is 12.3 Å². The maximum absolute atomic E-state index is 11.8. The van der Waals surface area contributed by atoms with Gasteiger partial charge < -0.3 is 62.7 Å². The second kappa shape index (κ2) is 34.2. The lowest BCUT2D eigenvalue weighted by atomic mass is 10.2. The average molecular weight is 667 g/mol. The van der Waals surface area contributed by atoms with Crippen LogP contribution < -0.4 is 10.6 Å². The van der Waals surface area contributed by atoms with E-state index >= 15 is 0 Å². The van der Waals surface area contributed by atoms with E-state index in [0.717, 1.165) is 0 Å². The number of hydrogen-bond donors (Lipinski definition) is 2. The number of hydrogen-bond acceptors (Lipinski definition) is 13. The molecule has 0 unspecified atom stereocenters. The predicted molar refractivity (Wildman–Crippen MR) is 169 cm³/mol. The molecule has 0 aliphatic rings. The molecule has 0 rings (SSSR count). The van der Waals surface area contributed by atoms with E-state index in [0.29, 0.717) is 145 Å². The van der Waals surface area contributed by atoms with Crippen LogP contribution in [0.3, 0.4) is 0 Å². The van der Waals surface area contributed by atoms with Crippen molar-refractivity contribution in [3.05, 3.63) is 0 Å². The highest BCUT2D eigenvalue weighted by molar-refractivity contribution is 5.75. The Morgan fingerprint density at radius 2 is 0.826 bits per heavy atom. The first-order valence-corrected chi connectivity index (χ1v) is 15.8. The molecule has 270 valence electrons. The first kappa shape index (κ1) is 43.9. The molecule has 0 heterocycles. The monoisotopic (exact) mass is 666 g/mol. The fourth-order valence-electron chi connectivity index (χ4n) is 3.05. The third-order valence-corrected chi connectivity index (χ3v) is 5.12. The van der Waals surface area contributed by atoms with E-state index < -0.39 is 11.7 Å². The maximum Gasteiger partial charge on any atom is 0.407 e. The number of ether oxygens (including phenoxy) is 11. The van der Waals surface area contributed by atoms with E-state index in [1.54, 1.807) is 0 Å². The van der Waals surface area contributed by atoms with Gasteiger partial charge in [0.15, 0.2) is 0 Å². The van der Waals surface area contributed by atoms with E-state index in [9.17, 15) is 9.59 Å².